The summed E-state index contributed by atoms with van der Waals surface area (Å²) in [6.45, 7) is 2.55. The predicted octanol–water partition coefficient (Wildman–Crippen LogP) is 1.90. The minimum Gasteiger partial charge on any atom is -0.351 e. The molecule has 0 radical (unpaired) electrons. The number of alkyl halides is 1. The summed E-state index contributed by atoms with van der Waals surface area (Å²) in [6, 6.07) is 5.42. The molecule has 0 saturated heterocycles. The maximum atomic E-state index is 11.5. The van der Waals surface area contributed by atoms with Gasteiger partial charge in [0.2, 0.25) is 0 Å². The zero-order valence-corrected chi connectivity index (χ0v) is 9.67. The molecule has 1 heterocycles. The number of carbonyl (C=O) groups is 1. The van der Waals surface area contributed by atoms with E-state index in [1.807, 2.05) is 19.1 Å². The molecular formula is C10H13BrN2O. The van der Waals surface area contributed by atoms with Crippen molar-refractivity contribution in [3.63, 3.8) is 0 Å². The molecule has 0 bridgehead atoms. The molecular weight excluding hydrogens is 244 g/mol. The number of hydrogen-bond acceptors (Lipinski definition) is 2. The Kier molecular flexibility index (Phi) is 4.59. The molecule has 0 atom stereocenters. The number of pyridine rings is 1. The van der Waals surface area contributed by atoms with Gasteiger partial charge in [-0.25, -0.2) is 4.98 Å². The van der Waals surface area contributed by atoms with Crippen LogP contribution in [0, 0.1) is 6.92 Å². The number of aryl methyl sites for hydroxylation is 1. The Morgan fingerprint density at radius 1 is 1.57 bits per heavy atom. The van der Waals surface area contributed by atoms with Crippen LogP contribution in [0.1, 0.15) is 22.6 Å². The average molecular weight is 257 g/mol. The lowest BCUT2D eigenvalue weighted by molar-refractivity contribution is 0.0948. The van der Waals surface area contributed by atoms with Crippen molar-refractivity contribution in [3.8, 4) is 0 Å². The van der Waals surface area contributed by atoms with Gasteiger partial charge in [0.15, 0.2) is 0 Å². The van der Waals surface area contributed by atoms with Gasteiger partial charge in [0.25, 0.3) is 5.91 Å². The van der Waals surface area contributed by atoms with Crippen LogP contribution in [0.2, 0.25) is 0 Å². The van der Waals surface area contributed by atoms with E-state index in [9.17, 15) is 4.79 Å². The highest BCUT2D eigenvalue weighted by Gasteiger charge is 2.05. The molecule has 0 unspecified atom stereocenters. The molecule has 0 aliphatic heterocycles. The summed E-state index contributed by atoms with van der Waals surface area (Å²) in [4.78, 5) is 15.6. The number of hydrogen-bond donors (Lipinski definition) is 1. The molecule has 4 heteroatoms. The predicted molar refractivity (Wildman–Crippen MR) is 59.7 cm³/mol. The third-order valence-electron chi connectivity index (χ3n) is 1.72. The fourth-order valence-corrected chi connectivity index (χ4v) is 1.31. The summed E-state index contributed by atoms with van der Waals surface area (Å²) < 4.78 is 0. The van der Waals surface area contributed by atoms with E-state index < -0.39 is 0 Å². The lowest BCUT2D eigenvalue weighted by atomic mass is 10.3. The lowest BCUT2D eigenvalue weighted by Gasteiger charge is -2.03. The SMILES string of the molecule is Cc1cccc(C(=O)NCCCBr)n1. The summed E-state index contributed by atoms with van der Waals surface area (Å²) >= 11 is 3.30. The largest absolute Gasteiger partial charge is 0.351 e. The highest BCUT2D eigenvalue weighted by Crippen LogP contribution is 1.97. The van der Waals surface area contributed by atoms with Crippen LogP contribution in [0.15, 0.2) is 18.2 Å². The zero-order valence-electron chi connectivity index (χ0n) is 8.09. The topological polar surface area (TPSA) is 42.0 Å². The molecule has 0 aromatic carbocycles. The minimum atomic E-state index is -0.102. The summed E-state index contributed by atoms with van der Waals surface area (Å²) in [5.41, 5.74) is 1.35. The van der Waals surface area contributed by atoms with Crippen molar-refractivity contribution in [1.82, 2.24) is 10.3 Å². The number of halogens is 1. The lowest BCUT2D eigenvalue weighted by Crippen LogP contribution is -2.25. The molecule has 0 saturated carbocycles. The molecule has 1 aromatic rings. The Morgan fingerprint density at radius 2 is 2.36 bits per heavy atom. The van der Waals surface area contributed by atoms with Crippen LogP contribution >= 0.6 is 15.9 Å². The van der Waals surface area contributed by atoms with E-state index in [-0.39, 0.29) is 5.91 Å². The highest BCUT2D eigenvalue weighted by molar-refractivity contribution is 9.09. The van der Waals surface area contributed by atoms with Crippen molar-refractivity contribution >= 4 is 21.8 Å². The fraction of sp³-hybridized carbons (Fsp3) is 0.400. The van der Waals surface area contributed by atoms with E-state index in [1.165, 1.54) is 0 Å². The first-order valence-electron chi connectivity index (χ1n) is 4.52. The summed E-state index contributed by atoms with van der Waals surface area (Å²) in [5.74, 6) is -0.102. The van der Waals surface area contributed by atoms with Crippen LogP contribution in [0.4, 0.5) is 0 Å². The summed E-state index contributed by atoms with van der Waals surface area (Å²) in [6.07, 6.45) is 0.928. The van der Waals surface area contributed by atoms with Crippen LogP contribution in [0.3, 0.4) is 0 Å². The maximum Gasteiger partial charge on any atom is 0.269 e. The van der Waals surface area contributed by atoms with E-state index in [0.717, 1.165) is 17.4 Å². The molecule has 0 fully saturated rings. The third-order valence-corrected chi connectivity index (χ3v) is 2.28. The molecule has 1 amide bonds. The highest BCUT2D eigenvalue weighted by atomic mass is 79.9. The smallest absolute Gasteiger partial charge is 0.269 e. The molecule has 1 aromatic heterocycles. The molecule has 1 rings (SSSR count). The van der Waals surface area contributed by atoms with Crippen molar-refractivity contribution < 1.29 is 4.79 Å². The van der Waals surface area contributed by atoms with Crippen molar-refractivity contribution in [3.05, 3.63) is 29.6 Å². The van der Waals surface area contributed by atoms with E-state index >= 15 is 0 Å². The van der Waals surface area contributed by atoms with Gasteiger partial charge in [-0.1, -0.05) is 22.0 Å². The molecule has 76 valence electrons. The maximum absolute atomic E-state index is 11.5. The van der Waals surface area contributed by atoms with Crippen molar-refractivity contribution in [1.29, 1.82) is 0 Å². The Hall–Kier alpha value is -0.900. The van der Waals surface area contributed by atoms with E-state index in [0.29, 0.717) is 12.2 Å². The standard InChI is InChI=1S/C10H13BrN2O/c1-8-4-2-5-9(13-8)10(14)12-7-3-6-11/h2,4-5H,3,6-7H2,1H3,(H,12,14). The van der Waals surface area contributed by atoms with Crippen molar-refractivity contribution in [2.45, 2.75) is 13.3 Å². The van der Waals surface area contributed by atoms with Crippen molar-refractivity contribution in [2.24, 2.45) is 0 Å². The van der Waals surface area contributed by atoms with Crippen LogP contribution in [-0.4, -0.2) is 22.8 Å². The first-order chi connectivity index (χ1) is 6.74. The third kappa shape index (κ3) is 3.46. The summed E-state index contributed by atoms with van der Waals surface area (Å²) in [5, 5.41) is 3.69. The van der Waals surface area contributed by atoms with Gasteiger partial charge in [-0.2, -0.15) is 0 Å². The van der Waals surface area contributed by atoms with Gasteiger partial charge in [0, 0.05) is 17.6 Å². The Balaban J connectivity index is 2.52. The fourth-order valence-electron chi connectivity index (χ4n) is 1.03. The number of carbonyl (C=O) groups excluding carboxylic acids is 1. The average Bonchev–Trinajstić information content (AvgIpc) is 2.18. The minimum absolute atomic E-state index is 0.102. The van der Waals surface area contributed by atoms with Crippen molar-refractivity contribution in [2.75, 3.05) is 11.9 Å². The number of amides is 1. The van der Waals surface area contributed by atoms with Crippen LogP contribution in [-0.2, 0) is 0 Å². The molecule has 0 aliphatic rings. The van der Waals surface area contributed by atoms with Gasteiger partial charge in [-0.05, 0) is 25.5 Å². The Morgan fingerprint density at radius 3 is 3.00 bits per heavy atom. The molecule has 1 N–H and O–H groups in total. The van der Waals surface area contributed by atoms with Crippen LogP contribution < -0.4 is 5.32 Å². The number of rotatable bonds is 4. The van der Waals surface area contributed by atoms with Gasteiger partial charge in [-0.3, -0.25) is 4.79 Å². The van der Waals surface area contributed by atoms with Gasteiger partial charge in [0.1, 0.15) is 5.69 Å². The van der Waals surface area contributed by atoms with Crippen LogP contribution in [0.5, 0.6) is 0 Å². The number of aromatic nitrogens is 1. The Bertz CT molecular complexity index is 315. The molecule has 3 nitrogen and oxygen atoms in total. The van der Waals surface area contributed by atoms with Gasteiger partial charge >= 0.3 is 0 Å². The Labute approximate surface area is 92.1 Å². The second-order valence-corrected chi connectivity index (χ2v) is 3.76. The molecule has 0 aliphatic carbocycles. The first-order valence-corrected chi connectivity index (χ1v) is 5.64. The molecule has 14 heavy (non-hydrogen) atoms. The van der Waals surface area contributed by atoms with E-state index in [4.69, 9.17) is 0 Å². The van der Waals surface area contributed by atoms with Gasteiger partial charge in [-0.15, -0.1) is 0 Å². The summed E-state index contributed by atoms with van der Waals surface area (Å²) in [7, 11) is 0. The van der Waals surface area contributed by atoms with Crippen LogP contribution in [0.25, 0.3) is 0 Å². The quantitative estimate of drug-likeness (QED) is 0.661. The van der Waals surface area contributed by atoms with Gasteiger partial charge in [0.05, 0.1) is 0 Å². The molecule has 0 spiro atoms. The number of nitrogens with one attached hydrogen (secondary N) is 1. The normalized spacial score (nSPS) is 9.86. The van der Waals surface area contributed by atoms with E-state index in [2.05, 4.69) is 26.2 Å². The second kappa shape index (κ2) is 5.75. The van der Waals surface area contributed by atoms with E-state index in [1.54, 1.807) is 6.07 Å². The number of nitrogens with zero attached hydrogens (tertiary/aromatic N) is 1. The van der Waals surface area contributed by atoms with Gasteiger partial charge < -0.3 is 5.32 Å². The second-order valence-electron chi connectivity index (χ2n) is 2.96. The monoisotopic (exact) mass is 256 g/mol. The first kappa shape index (κ1) is 11.2. The zero-order chi connectivity index (χ0) is 10.4.